The first-order valence-electron chi connectivity index (χ1n) is 3.07. The topological polar surface area (TPSA) is 24.9 Å². The van der Waals surface area contributed by atoms with Crippen LogP contribution in [0.2, 0.25) is 0 Å². The van der Waals surface area contributed by atoms with Gasteiger partial charge in [0.2, 0.25) is 0 Å². The van der Waals surface area contributed by atoms with Gasteiger partial charge in [0.05, 0.1) is 0 Å². The highest BCUT2D eigenvalue weighted by atomic mass is 127. The standard InChI is InChI=1S/C7H9IN2/c1-9-4-6-5-10-3-2-7(6)8/h2-3,5,9H,4H2,1H3. The van der Waals surface area contributed by atoms with Gasteiger partial charge in [-0.3, -0.25) is 4.98 Å². The molecule has 2 nitrogen and oxygen atoms in total. The zero-order valence-electron chi connectivity index (χ0n) is 5.76. The Morgan fingerprint density at radius 3 is 3.10 bits per heavy atom. The van der Waals surface area contributed by atoms with Crippen molar-refractivity contribution < 1.29 is 0 Å². The van der Waals surface area contributed by atoms with Crippen molar-refractivity contribution in [2.45, 2.75) is 6.54 Å². The van der Waals surface area contributed by atoms with Crippen LogP contribution >= 0.6 is 22.6 Å². The van der Waals surface area contributed by atoms with Crippen molar-refractivity contribution in [1.82, 2.24) is 10.3 Å². The number of pyridine rings is 1. The lowest BCUT2D eigenvalue weighted by Crippen LogP contribution is -2.06. The average molecular weight is 248 g/mol. The Bertz CT molecular complexity index is 213. The van der Waals surface area contributed by atoms with Crippen molar-refractivity contribution in [3.63, 3.8) is 0 Å². The number of hydrogen-bond acceptors (Lipinski definition) is 2. The summed E-state index contributed by atoms with van der Waals surface area (Å²) in [5.74, 6) is 0. The van der Waals surface area contributed by atoms with Gasteiger partial charge in [-0.15, -0.1) is 0 Å². The summed E-state index contributed by atoms with van der Waals surface area (Å²) >= 11 is 2.30. The Kier molecular flexibility index (Phi) is 3.08. The minimum absolute atomic E-state index is 0.895. The predicted molar refractivity (Wildman–Crippen MR) is 49.7 cm³/mol. The molecule has 0 radical (unpaired) electrons. The molecule has 54 valence electrons. The minimum Gasteiger partial charge on any atom is -0.316 e. The quantitative estimate of drug-likeness (QED) is 0.800. The monoisotopic (exact) mass is 248 g/mol. The molecule has 0 aliphatic heterocycles. The molecule has 0 aliphatic rings. The first-order valence-corrected chi connectivity index (χ1v) is 4.15. The summed E-state index contributed by atoms with van der Waals surface area (Å²) in [5.41, 5.74) is 1.26. The Morgan fingerprint density at radius 1 is 1.70 bits per heavy atom. The van der Waals surface area contributed by atoms with Gasteiger partial charge in [-0.2, -0.15) is 0 Å². The fourth-order valence-corrected chi connectivity index (χ4v) is 1.22. The van der Waals surface area contributed by atoms with Gasteiger partial charge < -0.3 is 5.32 Å². The van der Waals surface area contributed by atoms with Crippen molar-refractivity contribution in [2.24, 2.45) is 0 Å². The second-order valence-electron chi connectivity index (χ2n) is 2.00. The molecule has 1 aromatic rings. The molecule has 0 unspecified atom stereocenters. The maximum Gasteiger partial charge on any atom is 0.0323 e. The number of rotatable bonds is 2. The van der Waals surface area contributed by atoms with Gasteiger partial charge in [0, 0.05) is 22.5 Å². The third-order valence-corrected chi connectivity index (χ3v) is 2.26. The first kappa shape index (κ1) is 7.94. The average Bonchev–Trinajstić information content (AvgIpc) is 1.94. The van der Waals surface area contributed by atoms with Crippen LogP contribution in [0.1, 0.15) is 5.56 Å². The molecule has 0 fully saturated rings. The van der Waals surface area contributed by atoms with E-state index in [1.54, 1.807) is 6.20 Å². The number of aromatic nitrogens is 1. The van der Waals surface area contributed by atoms with Crippen LogP contribution in [-0.4, -0.2) is 12.0 Å². The summed E-state index contributed by atoms with van der Waals surface area (Å²) in [4.78, 5) is 4.02. The lowest BCUT2D eigenvalue weighted by atomic mass is 10.3. The molecule has 1 heterocycles. The Hall–Kier alpha value is -0.160. The minimum atomic E-state index is 0.895. The second kappa shape index (κ2) is 3.88. The second-order valence-corrected chi connectivity index (χ2v) is 3.16. The molecule has 10 heavy (non-hydrogen) atoms. The van der Waals surface area contributed by atoms with E-state index in [2.05, 4.69) is 32.9 Å². The van der Waals surface area contributed by atoms with E-state index in [1.807, 2.05) is 19.3 Å². The Labute approximate surface area is 74.2 Å². The zero-order valence-corrected chi connectivity index (χ0v) is 7.92. The molecule has 0 aliphatic carbocycles. The maximum atomic E-state index is 4.02. The number of hydrogen-bond donors (Lipinski definition) is 1. The molecule has 0 atom stereocenters. The van der Waals surface area contributed by atoms with Gasteiger partial charge in [0.15, 0.2) is 0 Å². The van der Waals surface area contributed by atoms with Crippen LogP contribution < -0.4 is 5.32 Å². The Morgan fingerprint density at radius 2 is 2.50 bits per heavy atom. The van der Waals surface area contributed by atoms with E-state index in [-0.39, 0.29) is 0 Å². The summed E-state index contributed by atoms with van der Waals surface area (Å²) in [5, 5.41) is 3.08. The number of nitrogens with zero attached hydrogens (tertiary/aromatic N) is 1. The molecule has 1 N–H and O–H groups in total. The van der Waals surface area contributed by atoms with E-state index in [1.165, 1.54) is 9.13 Å². The van der Waals surface area contributed by atoms with E-state index in [0.717, 1.165) is 6.54 Å². The summed E-state index contributed by atoms with van der Waals surface area (Å²) in [6.45, 7) is 0.895. The molecule has 0 saturated heterocycles. The van der Waals surface area contributed by atoms with Crippen LogP contribution in [-0.2, 0) is 6.54 Å². The molecule has 3 heteroatoms. The summed E-state index contributed by atoms with van der Waals surface area (Å²) in [6.07, 6.45) is 3.69. The lowest BCUT2D eigenvalue weighted by Gasteiger charge is -2.00. The summed E-state index contributed by atoms with van der Waals surface area (Å²) < 4.78 is 1.27. The van der Waals surface area contributed by atoms with Crippen LogP contribution in [0.4, 0.5) is 0 Å². The zero-order chi connectivity index (χ0) is 7.40. The van der Waals surface area contributed by atoms with E-state index < -0.39 is 0 Å². The largest absolute Gasteiger partial charge is 0.316 e. The van der Waals surface area contributed by atoms with Crippen LogP contribution in [0.25, 0.3) is 0 Å². The third kappa shape index (κ3) is 1.91. The van der Waals surface area contributed by atoms with Gasteiger partial charge in [-0.25, -0.2) is 0 Å². The van der Waals surface area contributed by atoms with Crippen molar-refractivity contribution in [1.29, 1.82) is 0 Å². The third-order valence-electron chi connectivity index (χ3n) is 1.21. The van der Waals surface area contributed by atoms with Crippen molar-refractivity contribution in [3.8, 4) is 0 Å². The van der Waals surface area contributed by atoms with Crippen LogP contribution in [0.5, 0.6) is 0 Å². The highest BCUT2D eigenvalue weighted by molar-refractivity contribution is 14.1. The van der Waals surface area contributed by atoms with Crippen molar-refractivity contribution in [3.05, 3.63) is 27.6 Å². The SMILES string of the molecule is CNCc1cnccc1I. The van der Waals surface area contributed by atoms with Crippen molar-refractivity contribution in [2.75, 3.05) is 7.05 Å². The van der Waals surface area contributed by atoms with Crippen LogP contribution in [0, 0.1) is 3.57 Å². The van der Waals surface area contributed by atoms with Crippen LogP contribution in [0.15, 0.2) is 18.5 Å². The Balaban J connectivity index is 2.81. The highest BCUT2D eigenvalue weighted by Gasteiger charge is 1.94. The maximum absolute atomic E-state index is 4.02. The summed E-state index contributed by atoms with van der Waals surface area (Å²) in [7, 11) is 1.93. The molecule has 0 amide bonds. The van der Waals surface area contributed by atoms with Gasteiger partial charge in [0.25, 0.3) is 0 Å². The smallest absolute Gasteiger partial charge is 0.0323 e. The predicted octanol–water partition coefficient (Wildman–Crippen LogP) is 1.41. The molecule has 0 spiro atoms. The lowest BCUT2D eigenvalue weighted by molar-refractivity contribution is 0.809. The molecule has 1 aromatic heterocycles. The fraction of sp³-hybridized carbons (Fsp3) is 0.286. The van der Waals surface area contributed by atoms with E-state index >= 15 is 0 Å². The summed E-state index contributed by atoms with van der Waals surface area (Å²) in [6, 6.07) is 2.01. The number of halogens is 1. The van der Waals surface area contributed by atoms with Gasteiger partial charge in [0.1, 0.15) is 0 Å². The molecular formula is C7H9IN2. The van der Waals surface area contributed by atoms with Crippen molar-refractivity contribution >= 4 is 22.6 Å². The normalized spacial score (nSPS) is 9.80. The first-order chi connectivity index (χ1) is 4.84. The van der Waals surface area contributed by atoms with E-state index in [9.17, 15) is 0 Å². The van der Waals surface area contributed by atoms with E-state index in [0.29, 0.717) is 0 Å². The highest BCUT2D eigenvalue weighted by Crippen LogP contribution is 2.08. The fourth-order valence-electron chi connectivity index (χ4n) is 0.731. The van der Waals surface area contributed by atoms with Gasteiger partial charge >= 0.3 is 0 Å². The molecule has 0 bridgehead atoms. The molecule has 0 saturated carbocycles. The van der Waals surface area contributed by atoms with Crippen LogP contribution in [0.3, 0.4) is 0 Å². The van der Waals surface area contributed by atoms with Gasteiger partial charge in [-0.05, 0) is 41.3 Å². The molecule has 1 rings (SSSR count). The number of nitrogens with one attached hydrogen (secondary N) is 1. The van der Waals surface area contributed by atoms with Gasteiger partial charge in [-0.1, -0.05) is 0 Å². The molecular weight excluding hydrogens is 239 g/mol. The van der Waals surface area contributed by atoms with E-state index in [4.69, 9.17) is 0 Å². The molecule has 0 aromatic carbocycles.